The lowest BCUT2D eigenvalue weighted by molar-refractivity contribution is 0.0256. The number of fused-ring (bicyclic) bond motifs is 1. The molecule has 0 saturated carbocycles. The van der Waals surface area contributed by atoms with Gasteiger partial charge in [-0.15, -0.1) is 0 Å². The first kappa shape index (κ1) is 17.7. The molecule has 2 aromatic rings. The van der Waals surface area contributed by atoms with Crippen molar-refractivity contribution >= 4 is 11.7 Å². The SMILES string of the molecule is CN(CC1CCCN1Cc1cnc2cnccn12)C(=O)OC(C)(C)C. The number of hydrogen-bond donors (Lipinski definition) is 0. The third-order valence-corrected chi connectivity index (χ3v) is 4.45. The van der Waals surface area contributed by atoms with Crippen molar-refractivity contribution in [3.63, 3.8) is 0 Å². The van der Waals surface area contributed by atoms with Crippen LogP contribution in [-0.4, -0.2) is 62.0 Å². The van der Waals surface area contributed by atoms with Gasteiger partial charge in [-0.1, -0.05) is 0 Å². The average molecular weight is 345 g/mol. The topological polar surface area (TPSA) is 63.0 Å². The summed E-state index contributed by atoms with van der Waals surface area (Å²) in [4.78, 5) is 24.8. The fraction of sp³-hybridized carbons (Fsp3) is 0.611. The van der Waals surface area contributed by atoms with E-state index in [1.54, 1.807) is 17.3 Å². The molecule has 1 saturated heterocycles. The van der Waals surface area contributed by atoms with Crippen LogP contribution in [-0.2, 0) is 11.3 Å². The summed E-state index contributed by atoms with van der Waals surface area (Å²) in [6.45, 7) is 8.19. The molecule has 1 aliphatic rings. The zero-order valence-corrected chi connectivity index (χ0v) is 15.5. The average Bonchev–Trinajstić information content (AvgIpc) is 3.14. The maximum atomic E-state index is 12.2. The molecule has 1 unspecified atom stereocenters. The predicted molar refractivity (Wildman–Crippen MR) is 95.3 cm³/mol. The number of likely N-dealkylation sites (tertiary alicyclic amines) is 1. The highest BCUT2D eigenvalue weighted by atomic mass is 16.6. The van der Waals surface area contributed by atoms with E-state index < -0.39 is 5.60 Å². The largest absolute Gasteiger partial charge is 0.444 e. The summed E-state index contributed by atoms with van der Waals surface area (Å²) in [6, 6.07) is 0.338. The molecule has 7 heteroatoms. The Balaban J connectivity index is 1.63. The van der Waals surface area contributed by atoms with Gasteiger partial charge in [-0.05, 0) is 40.2 Å². The normalized spacial score (nSPS) is 18.6. The van der Waals surface area contributed by atoms with Crippen molar-refractivity contribution in [1.29, 1.82) is 0 Å². The Morgan fingerprint density at radius 2 is 2.20 bits per heavy atom. The van der Waals surface area contributed by atoms with Crippen LogP contribution in [0.15, 0.2) is 24.8 Å². The second kappa shape index (κ2) is 7.00. The summed E-state index contributed by atoms with van der Waals surface area (Å²) in [5, 5.41) is 0. The Morgan fingerprint density at radius 3 is 2.96 bits per heavy atom. The number of ether oxygens (including phenoxy) is 1. The van der Waals surface area contributed by atoms with E-state index in [9.17, 15) is 4.79 Å². The first-order chi connectivity index (χ1) is 11.8. The van der Waals surface area contributed by atoms with Gasteiger partial charge in [-0.3, -0.25) is 14.3 Å². The van der Waals surface area contributed by atoms with Crippen LogP contribution in [0.5, 0.6) is 0 Å². The molecule has 3 rings (SSSR count). The fourth-order valence-corrected chi connectivity index (χ4v) is 3.26. The highest BCUT2D eigenvalue weighted by Crippen LogP contribution is 2.22. The van der Waals surface area contributed by atoms with Gasteiger partial charge in [0.15, 0.2) is 5.65 Å². The Morgan fingerprint density at radius 1 is 1.40 bits per heavy atom. The Labute approximate surface area is 148 Å². The van der Waals surface area contributed by atoms with Crippen molar-refractivity contribution in [2.45, 2.75) is 51.8 Å². The molecule has 25 heavy (non-hydrogen) atoms. The van der Waals surface area contributed by atoms with Gasteiger partial charge in [-0.25, -0.2) is 9.78 Å². The third kappa shape index (κ3) is 4.28. The van der Waals surface area contributed by atoms with E-state index in [4.69, 9.17) is 4.74 Å². The zero-order valence-electron chi connectivity index (χ0n) is 15.5. The van der Waals surface area contributed by atoms with E-state index in [0.29, 0.717) is 12.6 Å². The van der Waals surface area contributed by atoms with E-state index in [2.05, 4.69) is 19.3 Å². The lowest BCUT2D eigenvalue weighted by atomic mass is 10.2. The molecular formula is C18H27N5O2. The van der Waals surface area contributed by atoms with Crippen LogP contribution >= 0.6 is 0 Å². The lowest BCUT2D eigenvalue weighted by Crippen LogP contribution is -2.43. The summed E-state index contributed by atoms with van der Waals surface area (Å²) in [7, 11) is 1.81. The standard InChI is InChI=1S/C18H27N5O2/c1-18(2,3)25-17(24)21(4)12-14-6-5-8-22(14)13-15-10-20-16-11-19-7-9-23(15)16/h7,9-11,14H,5-6,8,12-13H2,1-4H3. The van der Waals surface area contributed by atoms with Crippen molar-refractivity contribution in [1.82, 2.24) is 24.2 Å². The number of aromatic nitrogens is 3. The molecule has 1 amide bonds. The second-order valence-corrected chi connectivity index (χ2v) is 7.68. The number of rotatable bonds is 4. The summed E-state index contributed by atoms with van der Waals surface area (Å²) in [6.07, 6.45) is 9.35. The minimum atomic E-state index is -0.467. The number of likely N-dealkylation sites (N-methyl/N-ethyl adjacent to an activating group) is 1. The molecule has 0 bridgehead atoms. The Bertz CT molecular complexity index is 736. The first-order valence-corrected chi connectivity index (χ1v) is 8.77. The fourth-order valence-electron chi connectivity index (χ4n) is 3.26. The van der Waals surface area contributed by atoms with Gasteiger partial charge in [0.25, 0.3) is 0 Å². The minimum absolute atomic E-state index is 0.264. The van der Waals surface area contributed by atoms with Gasteiger partial charge in [0.2, 0.25) is 0 Å². The molecule has 2 aromatic heterocycles. The van der Waals surface area contributed by atoms with Crippen molar-refractivity contribution in [2.24, 2.45) is 0 Å². The second-order valence-electron chi connectivity index (χ2n) is 7.68. The Kier molecular flexibility index (Phi) is 4.94. The van der Waals surface area contributed by atoms with E-state index in [-0.39, 0.29) is 6.09 Å². The van der Waals surface area contributed by atoms with Gasteiger partial charge in [0.05, 0.1) is 18.1 Å². The number of amides is 1. The van der Waals surface area contributed by atoms with Gasteiger partial charge >= 0.3 is 6.09 Å². The predicted octanol–water partition coefficient (Wildman–Crippen LogP) is 2.56. The van der Waals surface area contributed by atoms with E-state index in [0.717, 1.165) is 37.3 Å². The molecule has 0 spiro atoms. The maximum Gasteiger partial charge on any atom is 0.410 e. The quantitative estimate of drug-likeness (QED) is 0.852. The van der Waals surface area contributed by atoms with Crippen molar-refractivity contribution < 1.29 is 9.53 Å². The number of nitrogens with zero attached hydrogens (tertiary/aromatic N) is 5. The molecule has 1 atom stereocenters. The van der Waals surface area contributed by atoms with Crippen LogP contribution in [0.4, 0.5) is 4.79 Å². The van der Waals surface area contributed by atoms with Crippen LogP contribution in [0.25, 0.3) is 5.65 Å². The number of carbonyl (C=O) groups excluding carboxylic acids is 1. The molecule has 7 nitrogen and oxygen atoms in total. The van der Waals surface area contributed by atoms with E-state index >= 15 is 0 Å². The van der Waals surface area contributed by atoms with Gasteiger partial charge in [0.1, 0.15) is 5.60 Å². The third-order valence-electron chi connectivity index (χ3n) is 4.45. The highest BCUT2D eigenvalue weighted by molar-refractivity contribution is 5.67. The molecule has 0 aliphatic carbocycles. The van der Waals surface area contributed by atoms with Crippen molar-refractivity contribution in [3.05, 3.63) is 30.5 Å². The molecule has 3 heterocycles. The molecule has 1 fully saturated rings. The monoisotopic (exact) mass is 345 g/mol. The van der Waals surface area contributed by atoms with Crippen molar-refractivity contribution in [2.75, 3.05) is 20.1 Å². The molecule has 1 aliphatic heterocycles. The summed E-state index contributed by atoms with van der Waals surface area (Å²) >= 11 is 0. The van der Waals surface area contributed by atoms with E-state index in [1.165, 1.54) is 0 Å². The molecule has 0 N–H and O–H groups in total. The number of imidazole rings is 1. The van der Waals surface area contributed by atoms with Gasteiger partial charge in [0, 0.05) is 38.6 Å². The maximum absolute atomic E-state index is 12.2. The highest BCUT2D eigenvalue weighted by Gasteiger charge is 2.29. The molecule has 136 valence electrons. The van der Waals surface area contributed by atoms with Gasteiger partial charge in [-0.2, -0.15) is 0 Å². The summed E-state index contributed by atoms with van der Waals surface area (Å²) in [5.74, 6) is 0. The smallest absolute Gasteiger partial charge is 0.410 e. The van der Waals surface area contributed by atoms with Crippen LogP contribution in [0.3, 0.4) is 0 Å². The van der Waals surface area contributed by atoms with Gasteiger partial charge < -0.3 is 9.64 Å². The minimum Gasteiger partial charge on any atom is -0.444 e. The zero-order chi connectivity index (χ0) is 18.0. The van der Waals surface area contributed by atoms with Crippen LogP contribution < -0.4 is 0 Å². The summed E-state index contributed by atoms with van der Waals surface area (Å²) in [5.41, 5.74) is 1.54. The number of hydrogen-bond acceptors (Lipinski definition) is 5. The molecule has 0 aromatic carbocycles. The van der Waals surface area contributed by atoms with Crippen LogP contribution in [0, 0.1) is 0 Å². The first-order valence-electron chi connectivity index (χ1n) is 8.77. The molecule has 0 radical (unpaired) electrons. The summed E-state index contributed by atoms with van der Waals surface area (Å²) < 4.78 is 7.53. The lowest BCUT2D eigenvalue weighted by Gasteiger charge is -2.30. The van der Waals surface area contributed by atoms with Crippen LogP contribution in [0.2, 0.25) is 0 Å². The molecular weight excluding hydrogens is 318 g/mol. The van der Waals surface area contributed by atoms with Crippen LogP contribution in [0.1, 0.15) is 39.3 Å². The van der Waals surface area contributed by atoms with E-state index in [1.807, 2.05) is 40.2 Å². The number of carbonyl (C=O) groups is 1. The Hall–Kier alpha value is -2.15. The van der Waals surface area contributed by atoms with Crippen molar-refractivity contribution in [3.8, 4) is 0 Å².